The lowest BCUT2D eigenvalue weighted by Crippen LogP contribution is -2.42. The molecule has 0 bridgehead atoms. The highest BCUT2D eigenvalue weighted by molar-refractivity contribution is 9.10. The van der Waals surface area contributed by atoms with Crippen LogP contribution in [0.3, 0.4) is 0 Å². The summed E-state index contributed by atoms with van der Waals surface area (Å²) in [5.41, 5.74) is 0.769. The van der Waals surface area contributed by atoms with Crippen LogP contribution in [-0.2, 0) is 16.0 Å². The highest BCUT2D eigenvalue weighted by Crippen LogP contribution is 2.33. The third-order valence-electron chi connectivity index (χ3n) is 3.43. The van der Waals surface area contributed by atoms with Crippen LogP contribution in [0, 0.1) is 0 Å². The van der Waals surface area contributed by atoms with Gasteiger partial charge >= 0.3 is 0 Å². The van der Waals surface area contributed by atoms with Gasteiger partial charge in [-0.15, -0.1) is 0 Å². The van der Waals surface area contributed by atoms with Crippen molar-refractivity contribution in [3.8, 4) is 0 Å². The molecule has 0 saturated heterocycles. The van der Waals surface area contributed by atoms with Crippen LogP contribution in [0.2, 0.25) is 0 Å². The van der Waals surface area contributed by atoms with Crippen LogP contribution in [0.1, 0.15) is 38.9 Å². The fourth-order valence-electron chi connectivity index (χ4n) is 2.09. The molecule has 0 aliphatic rings. The molecule has 0 aliphatic heterocycles. The van der Waals surface area contributed by atoms with Gasteiger partial charge in [0.05, 0.1) is 41.2 Å². The van der Waals surface area contributed by atoms with Crippen LogP contribution in [0.15, 0.2) is 10.7 Å². The fourth-order valence-corrected chi connectivity index (χ4v) is 2.62. The van der Waals surface area contributed by atoms with Crippen LogP contribution < -0.4 is 5.32 Å². The number of aromatic nitrogens is 2. The summed E-state index contributed by atoms with van der Waals surface area (Å²) in [6, 6.07) is 0.0566. The number of rotatable bonds is 9. The summed E-state index contributed by atoms with van der Waals surface area (Å²) < 4.78 is 13.8. The number of nitrogens with one attached hydrogen (secondary N) is 1. The largest absolute Gasteiger partial charge is 0.383 e. The SMILES string of the molecule is CCCNC(c1c(Br)cnn1CCOC)C(C)(C)OC. The maximum Gasteiger partial charge on any atom is 0.0832 e. The molecule has 1 atom stereocenters. The summed E-state index contributed by atoms with van der Waals surface area (Å²) in [4.78, 5) is 0. The van der Waals surface area contributed by atoms with E-state index in [1.807, 2.05) is 10.9 Å². The highest BCUT2D eigenvalue weighted by Gasteiger charge is 2.34. The smallest absolute Gasteiger partial charge is 0.0832 e. The van der Waals surface area contributed by atoms with Gasteiger partial charge in [-0.3, -0.25) is 4.68 Å². The molecule has 0 fully saturated rings. The van der Waals surface area contributed by atoms with E-state index < -0.39 is 0 Å². The Morgan fingerprint density at radius 2 is 2.15 bits per heavy atom. The zero-order chi connectivity index (χ0) is 15.2. The molecule has 0 amide bonds. The second-order valence-electron chi connectivity index (χ2n) is 5.29. The van der Waals surface area contributed by atoms with E-state index in [-0.39, 0.29) is 11.6 Å². The molecule has 0 spiro atoms. The molecule has 116 valence electrons. The zero-order valence-corrected chi connectivity index (χ0v) is 14.7. The molecule has 0 aromatic carbocycles. The van der Waals surface area contributed by atoms with Gasteiger partial charge in [-0.1, -0.05) is 6.92 Å². The number of hydrogen-bond acceptors (Lipinski definition) is 4. The van der Waals surface area contributed by atoms with E-state index in [1.165, 1.54) is 0 Å². The molecule has 1 aromatic rings. The molecule has 1 N–H and O–H groups in total. The lowest BCUT2D eigenvalue weighted by atomic mass is 9.95. The van der Waals surface area contributed by atoms with Crippen molar-refractivity contribution in [1.82, 2.24) is 15.1 Å². The van der Waals surface area contributed by atoms with Gasteiger partial charge in [0.1, 0.15) is 0 Å². The number of ether oxygens (including phenoxy) is 2. The van der Waals surface area contributed by atoms with Crippen molar-refractivity contribution in [2.24, 2.45) is 0 Å². The minimum atomic E-state index is -0.331. The number of nitrogens with zero attached hydrogens (tertiary/aromatic N) is 2. The third kappa shape index (κ3) is 4.28. The van der Waals surface area contributed by atoms with Gasteiger partial charge in [0, 0.05) is 14.2 Å². The van der Waals surface area contributed by atoms with E-state index in [4.69, 9.17) is 9.47 Å². The average molecular weight is 348 g/mol. The first-order valence-corrected chi connectivity index (χ1v) is 7.75. The minimum absolute atomic E-state index is 0.0566. The van der Waals surface area contributed by atoms with Crippen molar-refractivity contribution in [2.45, 2.75) is 45.4 Å². The summed E-state index contributed by atoms with van der Waals surface area (Å²) in [5, 5.41) is 7.99. The Morgan fingerprint density at radius 1 is 1.45 bits per heavy atom. The molecule has 20 heavy (non-hydrogen) atoms. The topological polar surface area (TPSA) is 48.3 Å². The lowest BCUT2D eigenvalue weighted by Gasteiger charge is -2.34. The third-order valence-corrected chi connectivity index (χ3v) is 4.04. The van der Waals surface area contributed by atoms with E-state index >= 15 is 0 Å². The zero-order valence-electron chi connectivity index (χ0n) is 13.1. The Labute approximate surface area is 130 Å². The monoisotopic (exact) mass is 347 g/mol. The Hall–Kier alpha value is -0.430. The minimum Gasteiger partial charge on any atom is -0.383 e. The van der Waals surface area contributed by atoms with Crippen molar-refractivity contribution in [3.05, 3.63) is 16.4 Å². The van der Waals surface area contributed by atoms with Gasteiger partial charge < -0.3 is 14.8 Å². The number of methoxy groups -OCH3 is 2. The molecule has 0 aliphatic carbocycles. The van der Waals surface area contributed by atoms with E-state index in [9.17, 15) is 0 Å². The molecule has 1 heterocycles. The molecule has 1 aromatic heterocycles. The van der Waals surface area contributed by atoms with Crippen LogP contribution in [0.4, 0.5) is 0 Å². The summed E-state index contributed by atoms with van der Waals surface area (Å²) >= 11 is 3.60. The lowest BCUT2D eigenvalue weighted by molar-refractivity contribution is -0.0139. The van der Waals surface area contributed by atoms with Crippen molar-refractivity contribution in [1.29, 1.82) is 0 Å². The van der Waals surface area contributed by atoms with Crippen LogP contribution in [0.25, 0.3) is 0 Å². The summed E-state index contributed by atoms with van der Waals surface area (Å²) in [6.07, 6.45) is 2.90. The molecular formula is C14H26BrN3O2. The van der Waals surface area contributed by atoms with Gasteiger partial charge in [-0.05, 0) is 42.7 Å². The van der Waals surface area contributed by atoms with Crippen LogP contribution >= 0.6 is 15.9 Å². The Bertz CT molecular complexity index is 407. The molecular weight excluding hydrogens is 322 g/mol. The molecule has 0 saturated carbocycles. The normalized spacial score (nSPS) is 13.7. The molecule has 1 unspecified atom stereocenters. The van der Waals surface area contributed by atoms with E-state index in [0.717, 1.165) is 29.7 Å². The Balaban J connectivity index is 3.09. The van der Waals surface area contributed by atoms with Gasteiger partial charge in [0.2, 0.25) is 0 Å². The summed E-state index contributed by atoms with van der Waals surface area (Å²) in [6.45, 7) is 8.61. The number of hydrogen-bond donors (Lipinski definition) is 1. The second-order valence-corrected chi connectivity index (χ2v) is 6.14. The van der Waals surface area contributed by atoms with Gasteiger partial charge in [-0.25, -0.2) is 0 Å². The highest BCUT2D eigenvalue weighted by atomic mass is 79.9. The van der Waals surface area contributed by atoms with E-state index in [2.05, 4.69) is 47.1 Å². The van der Waals surface area contributed by atoms with Gasteiger partial charge in [0.15, 0.2) is 0 Å². The molecule has 1 rings (SSSR count). The van der Waals surface area contributed by atoms with Gasteiger partial charge in [0.25, 0.3) is 0 Å². The molecule has 6 heteroatoms. The van der Waals surface area contributed by atoms with Crippen LogP contribution in [0.5, 0.6) is 0 Å². The fraction of sp³-hybridized carbons (Fsp3) is 0.786. The first-order valence-electron chi connectivity index (χ1n) is 6.96. The van der Waals surface area contributed by atoms with Crippen LogP contribution in [-0.4, -0.2) is 42.8 Å². The van der Waals surface area contributed by atoms with E-state index in [0.29, 0.717) is 6.61 Å². The standard InChI is InChI=1S/C14H26BrN3O2/c1-6-7-16-13(14(2,3)20-5)12-11(15)10-17-18(12)8-9-19-4/h10,13,16H,6-9H2,1-5H3. The molecule has 5 nitrogen and oxygen atoms in total. The number of halogens is 1. The van der Waals surface area contributed by atoms with E-state index in [1.54, 1.807) is 14.2 Å². The first-order chi connectivity index (χ1) is 9.47. The van der Waals surface area contributed by atoms with Crippen molar-refractivity contribution < 1.29 is 9.47 Å². The average Bonchev–Trinajstić information content (AvgIpc) is 2.78. The predicted molar refractivity (Wildman–Crippen MR) is 83.9 cm³/mol. The molecule has 0 radical (unpaired) electrons. The first kappa shape index (κ1) is 17.6. The van der Waals surface area contributed by atoms with Crippen molar-refractivity contribution >= 4 is 15.9 Å². The Morgan fingerprint density at radius 3 is 2.70 bits per heavy atom. The maximum absolute atomic E-state index is 5.68. The van der Waals surface area contributed by atoms with Crippen molar-refractivity contribution in [3.63, 3.8) is 0 Å². The van der Waals surface area contributed by atoms with Gasteiger partial charge in [-0.2, -0.15) is 5.10 Å². The summed E-state index contributed by atoms with van der Waals surface area (Å²) in [5.74, 6) is 0. The predicted octanol–water partition coefficient (Wildman–Crippen LogP) is 2.76. The van der Waals surface area contributed by atoms with Crippen molar-refractivity contribution in [2.75, 3.05) is 27.4 Å². The second kappa shape index (κ2) is 8.12. The quantitative estimate of drug-likeness (QED) is 0.746. The Kier molecular flexibility index (Phi) is 7.15. The summed E-state index contributed by atoms with van der Waals surface area (Å²) in [7, 11) is 3.44. The maximum atomic E-state index is 5.68.